The number of hydrogen-bond acceptors (Lipinski definition) is 4. The molecule has 31 heavy (non-hydrogen) atoms. The average Bonchev–Trinajstić information content (AvgIpc) is 3.38. The minimum Gasteiger partial charge on any atom is -0.383 e. The third kappa shape index (κ3) is 7.08. The van der Waals surface area contributed by atoms with Crippen molar-refractivity contribution in [1.82, 2.24) is 20.4 Å². The summed E-state index contributed by atoms with van der Waals surface area (Å²) in [6, 6.07) is 6.22. The van der Waals surface area contributed by atoms with Gasteiger partial charge in [0.1, 0.15) is 0 Å². The van der Waals surface area contributed by atoms with Crippen LogP contribution in [0.15, 0.2) is 29.3 Å². The van der Waals surface area contributed by atoms with Crippen LogP contribution in [0.1, 0.15) is 30.4 Å². The highest BCUT2D eigenvalue weighted by atomic mass is 19.4. The summed E-state index contributed by atoms with van der Waals surface area (Å²) >= 11 is 0. The molecule has 2 fully saturated rings. The van der Waals surface area contributed by atoms with Gasteiger partial charge in [0.05, 0.1) is 12.2 Å². The van der Waals surface area contributed by atoms with Crippen LogP contribution in [0, 0.1) is 0 Å². The van der Waals surface area contributed by atoms with Crippen molar-refractivity contribution < 1.29 is 17.9 Å². The summed E-state index contributed by atoms with van der Waals surface area (Å²) in [6.45, 7) is 6.07. The number of halogens is 3. The molecule has 0 radical (unpaired) electrons. The Bertz CT molecular complexity index is 710. The fourth-order valence-corrected chi connectivity index (χ4v) is 4.38. The van der Waals surface area contributed by atoms with Crippen molar-refractivity contribution in [2.24, 2.45) is 4.99 Å². The third-order valence-corrected chi connectivity index (χ3v) is 6.11. The number of alkyl halides is 3. The minimum absolute atomic E-state index is 0.272. The zero-order valence-electron chi connectivity index (χ0n) is 18.4. The van der Waals surface area contributed by atoms with Crippen molar-refractivity contribution in [1.29, 1.82) is 0 Å². The fraction of sp³-hybridized carbons (Fsp3) is 0.682. The van der Waals surface area contributed by atoms with E-state index in [-0.39, 0.29) is 6.04 Å². The molecule has 0 aromatic heterocycles. The number of aliphatic imine (C=N–C) groups is 1. The summed E-state index contributed by atoms with van der Waals surface area (Å²) in [5.74, 6) is 0.806. The number of benzene rings is 1. The van der Waals surface area contributed by atoms with Gasteiger partial charge in [-0.2, -0.15) is 13.2 Å². The predicted molar refractivity (Wildman–Crippen MR) is 116 cm³/mol. The van der Waals surface area contributed by atoms with Crippen molar-refractivity contribution in [2.75, 3.05) is 53.5 Å². The molecule has 2 heterocycles. The van der Waals surface area contributed by atoms with Crippen LogP contribution in [0.3, 0.4) is 0 Å². The summed E-state index contributed by atoms with van der Waals surface area (Å²) in [7, 11) is 3.51. The number of likely N-dealkylation sites (tertiary alicyclic amines) is 2. The second-order valence-electron chi connectivity index (χ2n) is 8.34. The highest BCUT2D eigenvalue weighted by Gasteiger charge is 2.30. The number of methoxy groups -OCH3 is 1. The van der Waals surface area contributed by atoms with Crippen LogP contribution in [0.4, 0.5) is 13.2 Å². The highest BCUT2D eigenvalue weighted by Crippen LogP contribution is 2.29. The smallest absolute Gasteiger partial charge is 0.383 e. The van der Waals surface area contributed by atoms with Gasteiger partial charge in [0.2, 0.25) is 0 Å². The van der Waals surface area contributed by atoms with Crippen LogP contribution < -0.4 is 10.6 Å². The Hall–Kier alpha value is -1.84. The number of ether oxygens (including phenoxy) is 1. The van der Waals surface area contributed by atoms with Crippen LogP contribution in [0.25, 0.3) is 0 Å². The molecular formula is C22H34F3N5O. The van der Waals surface area contributed by atoms with Crippen molar-refractivity contribution in [3.05, 3.63) is 35.4 Å². The lowest BCUT2D eigenvalue weighted by molar-refractivity contribution is -0.137. The number of rotatable bonds is 8. The predicted octanol–water partition coefficient (Wildman–Crippen LogP) is 2.56. The minimum atomic E-state index is -4.29. The summed E-state index contributed by atoms with van der Waals surface area (Å²) in [4.78, 5) is 9.09. The van der Waals surface area contributed by atoms with Gasteiger partial charge in [0, 0.05) is 59.0 Å². The van der Waals surface area contributed by atoms with Crippen molar-refractivity contribution in [3.8, 4) is 0 Å². The van der Waals surface area contributed by atoms with E-state index in [0.29, 0.717) is 12.6 Å². The molecule has 2 unspecified atom stereocenters. The van der Waals surface area contributed by atoms with E-state index in [1.807, 2.05) is 0 Å². The Balaban J connectivity index is 1.42. The molecule has 2 aliphatic rings. The van der Waals surface area contributed by atoms with E-state index in [1.165, 1.54) is 12.8 Å². The molecule has 9 heteroatoms. The molecule has 1 aromatic rings. The van der Waals surface area contributed by atoms with Crippen molar-refractivity contribution in [3.63, 3.8) is 0 Å². The molecule has 2 N–H and O–H groups in total. The van der Waals surface area contributed by atoms with Crippen LogP contribution in [-0.4, -0.2) is 81.3 Å². The normalized spacial score (nSPS) is 23.5. The molecular weight excluding hydrogens is 407 g/mol. The van der Waals surface area contributed by atoms with Crippen molar-refractivity contribution >= 4 is 5.96 Å². The zero-order chi connectivity index (χ0) is 22.3. The van der Waals surface area contributed by atoms with Gasteiger partial charge in [-0.3, -0.25) is 14.8 Å². The fourth-order valence-electron chi connectivity index (χ4n) is 4.38. The molecule has 0 aliphatic carbocycles. The van der Waals surface area contributed by atoms with Gasteiger partial charge in [0.25, 0.3) is 0 Å². The van der Waals surface area contributed by atoms with Gasteiger partial charge < -0.3 is 15.4 Å². The Morgan fingerprint density at radius 2 is 1.97 bits per heavy atom. The number of hydrogen-bond donors (Lipinski definition) is 2. The quantitative estimate of drug-likeness (QED) is 0.480. The zero-order valence-corrected chi connectivity index (χ0v) is 18.4. The topological polar surface area (TPSA) is 52.1 Å². The largest absolute Gasteiger partial charge is 0.416 e. The molecule has 6 nitrogen and oxygen atoms in total. The molecule has 0 saturated carbocycles. The van der Waals surface area contributed by atoms with Crippen LogP contribution in [0.5, 0.6) is 0 Å². The van der Waals surface area contributed by atoms with Gasteiger partial charge in [-0.25, -0.2) is 0 Å². The van der Waals surface area contributed by atoms with Crippen LogP contribution in [0.2, 0.25) is 0 Å². The van der Waals surface area contributed by atoms with Gasteiger partial charge in [-0.1, -0.05) is 12.1 Å². The van der Waals surface area contributed by atoms with Gasteiger partial charge in [-0.05, 0) is 43.5 Å². The highest BCUT2D eigenvalue weighted by molar-refractivity contribution is 5.80. The third-order valence-electron chi connectivity index (χ3n) is 6.11. The van der Waals surface area contributed by atoms with E-state index >= 15 is 0 Å². The van der Waals surface area contributed by atoms with Crippen LogP contribution in [-0.2, 0) is 17.5 Å². The molecule has 2 atom stereocenters. The summed E-state index contributed by atoms with van der Waals surface area (Å²) < 4.78 is 43.4. The lowest BCUT2D eigenvalue weighted by Crippen LogP contribution is -2.48. The van der Waals surface area contributed by atoms with E-state index in [0.717, 1.165) is 69.4 Å². The van der Waals surface area contributed by atoms with Crippen molar-refractivity contribution in [2.45, 2.75) is 44.1 Å². The maximum Gasteiger partial charge on any atom is 0.416 e. The molecule has 0 spiro atoms. The monoisotopic (exact) mass is 441 g/mol. The Morgan fingerprint density at radius 1 is 1.19 bits per heavy atom. The Kier molecular flexibility index (Phi) is 8.57. The van der Waals surface area contributed by atoms with Crippen LogP contribution >= 0.6 is 0 Å². The van der Waals surface area contributed by atoms with Gasteiger partial charge in [0.15, 0.2) is 5.96 Å². The molecule has 0 bridgehead atoms. The van der Waals surface area contributed by atoms with E-state index in [9.17, 15) is 13.2 Å². The van der Waals surface area contributed by atoms with Gasteiger partial charge in [-0.15, -0.1) is 0 Å². The first kappa shape index (κ1) is 23.8. The first-order valence-corrected chi connectivity index (χ1v) is 11.0. The van der Waals surface area contributed by atoms with E-state index in [2.05, 4.69) is 25.4 Å². The van der Waals surface area contributed by atoms with E-state index in [4.69, 9.17) is 4.74 Å². The maximum absolute atomic E-state index is 12.7. The SMILES string of the molecule is CN=C(NCC1CCCN1CCOC)NC1CCN(Cc2ccc(C(F)(F)F)cc2)C1. The maximum atomic E-state index is 12.7. The second-order valence-corrected chi connectivity index (χ2v) is 8.34. The summed E-state index contributed by atoms with van der Waals surface area (Å²) in [5, 5.41) is 6.96. The molecule has 2 saturated heterocycles. The number of guanidine groups is 1. The molecule has 2 aliphatic heterocycles. The molecule has 174 valence electrons. The number of nitrogens with zero attached hydrogens (tertiary/aromatic N) is 3. The second kappa shape index (κ2) is 11.2. The molecule has 3 rings (SSSR count). The van der Waals surface area contributed by atoms with E-state index < -0.39 is 11.7 Å². The average molecular weight is 442 g/mol. The van der Waals surface area contributed by atoms with E-state index in [1.54, 1.807) is 26.3 Å². The number of nitrogens with one attached hydrogen (secondary N) is 2. The van der Waals surface area contributed by atoms with Gasteiger partial charge >= 0.3 is 6.18 Å². The molecule has 1 aromatic carbocycles. The molecule has 0 amide bonds. The summed E-state index contributed by atoms with van der Waals surface area (Å²) in [5.41, 5.74) is 0.295. The lowest BCUT2D eigenvalue weighted by atomic mass is 10.1. The first-order chi connectivity index (χ1) is 14.9. The standard InChI is InChI=1S/C22H34F3N5O/c1-26-21(27-14-20-4-3-10-30(20)12-13-31-2)28-19-9-11-29(16-19)15-17-5-7-18(8-6-17)22(23,24)25/h5-8,19-20H,3-4,9-16H2,1-2H3,(H2,26,27,28). The Morgan fingerprint density at radius 3 is 2.65 bits per heavy atom. The first-order valence-electron chi connectivity index (χ1n) is 11.0. The Labute approximate surface area is 182 Å². The lowest BCUT2D eigenvalue weighted by Gasteiger charge is -2.26. The summed E-state index contributed by atoms with van der Waals surface area (Å²) in [6.07, 6.45) is -0.921.